The molecule has 0 aliphatic carbocycles. The SMILES string of the molecule is C=C(C)CN(CC)C(=O)c1cncn1-c1ccccc1. The van der Waals surface area contributed by atoms with E-state index in [1.165, 1.54) is 0 Å². The molecule has 4 heteroatoms. The van der Waals surface area contributed by atoms with Gasteiger partial charge in [-0.15, -0.1) is 0 Å². The van der Waals surface area contributed by atoms with Crippen molar-refractivity contribution >= 4 is 5.91 Å². The summed E-state index contributed by atoms with van der Waals surface area (Å²) in [5, 5.41) is 0. The van der Waals surface area contributed by atoms with Gasteiger partial charge in [0.1, 0.15) is 5.69 Å². The number of imidazole rings is 1. The third-order valence-electron chi connectivity index (χ3n) is 3.02. The lowest BCUT2D eigenvalue weighted by Gasteiger charge is -2.21. The number of para-hydroxylation sites is 1. The molecule has 1 heterocycles. The van der Waals surface area contributed by atoms with Crippen molar-refractivity contribution in [3.05, 3.63) is 60.7 Å². The van der Waals surface area contributed by atoms with Crippen LogP contribution in [0.2, 0.25) is 0 Å². The fourth-order valence-corrected chi connectivity index (χ4v) is 2.06. The molecule has 2 aromatic rings. The van der Waals surface area contributed by atoms with Crippen LogP contribution in [0.25, 0.3) is 5.69 Å². The highest BCUT2D eigenvalue weighted by Crippen LogP contribution is 2.13. The Morgan fingerprint density at radius 1 is 1.35 bits per heavy atom. The summed E-state index contributed by atoms with van der Waals surface area (Å²) in [6, 6.07) is 9.73. The molecule has 0 unspecified atom stereocenters. The zero-order valence-electron chi connectivity index (χ0n) is 11.9. The van der Waals surface area contributed by atoms with Crippen molar-refractivity contribution in [3.8, 4) is 5.69 Å². The summed E-state index contributed by atoms with van der Waals surface area (Å²) >= 11 is 0. The van der Waals surface area contributed by atoms with Crippen LogP contribution in [-0.2, 0) is 0 Å². The Balaban J connectivity index is 2.32. The summed E-state index contributed by atoms with van der Waals surface area (Å²) in [4.78, 5) is 18.5. The van der Waals surface area contributed by atoms with Crippen LogP contribution in [0.1, 0.15) is 24.3 Å². The zero-order chi connectivity index (χ0) is 14.5. The van der Waals surface area contributed by atoms with Gasteiger partial charge in [0.15, 0.2) is 0 Å². The Morgan fingerprint density at radius 2 is 2.05 bits per heavy atom. The summed E-state index contributed by atoms with van der Waals surface area (Å²) in [5.74, 6) is -0.0307. The van der Waals surface area contributed by atoms with Crippen LogP contribution >= 0.6 is 0 Å². The number of carbonyl (C=O) groups excluding carboxylic acids is 1. The Bertz CT molecular complexity index is 601. The molecule has 0 spiro atoms. The zero-order valence-corrected chi connectivity index (χ0v) is 11.9. The summed E-state index contributed by atoms with van der Waals surface area (Å²) in [6.07, 6.45) is 3.27. The van der Waals surface area contributed by atoms with Gasteiger partial charge in [0.05, 0.1) is 12.5 Å². The van der Waals surface area contributed by atoms with Crippen molar-refractivity contribution < 1.29 is 4.79 Å². The molecule has 2 rings (SSSR count). The number of benzene rings is 1. The maximum absolute atomic E-state index is 12.6. The van der Waals surface area contributed by atoms with Gasteiger partial charge in [0.2, 0.25) is 0 Å². The molecule has 1 aromatic carbocycles. The van der Waals surface area contributed by atoms with Gasteiger partial charge >= 0.3 is 0 Å². The summed E-state index contributed by atoms with van der Waals surface area (Å²) in [6.45, 7) is 8.96. The largest absolute Gasteiger partial charge is 0.334 e. The molecule has 1 aromatic heterocycles. The van der Waals surface area contributed by atoms with Crippen LogP contribution < -0.4 is 0 Å². The van der Waals surface area contributed by atoms with Gasteiger partial charge in [-0.2, -0.15) is 0 Å². The highest BCUT2D eigenvalue weighted by atomic mass is 16.2. The minimum absolute atomic E-state index is 0.0307. The van der Waals surface area contributed by atoms with Crippen molar-refractivity contribution in [2.45, 2.75) is 13.8 Å². The highest BCUT2D eigenvalue weighted by Gasteiger charge is 2.18. The summed E-state index contributed by atoms with van der Waals surface area (Å²) < 4.78 is 1.81. The topological polar surface area (TPSA) is 38.1 Å². The maximum atomic E-state index is 12.6. The molecule has 0 aliphatic rings. The second kappa shape index (κ2) is 6.19. The van der Waals surface area contributed by atoms with E-state index in [2.05, 4.69) is 11.6 Å². The minimum Gasteiger partial charge on any atom is -0.334 e. The first-order valence-electron chi connectivity index (χ1n) is 6.65. The van der Waals surface area contributed by atoms with Crippen molar-refractivity contribution in [2.75, 3.05) is 13.1 Å². The van der Waals surface area contributed by atoms with E-state index in [9.17, 15) is 4.79 Å². The van der Waals surface area contributed by atoms with Crippen molar-refractivity contribution in [1.29, 1.82) is 0 Å². The van der Waals surface area contributed by atoms with E-state index in [4.69, 9.17) is 0 Å². The quantitative estimate of drug-likeness (QED) is 0.783. The van der Waals surface area contributed by atoms with Crippen LogP contribution in [0.4, 0.5) is 0 Å². The Labute approximate surface area is 119 Å². The van der Waals surface area contributed by atoms with Gasteiger partial charge in [-0.25, -0.2) is 4.98 Å². The monoisotopic (exact) mass is 269 g/mol. The van der Waals surface area contributed by atoms with E-state index in [0.717, 1.165) is 11.3 Å². The number of amides is 1. The lowest BCUT2D eigenvalue weighted by atomic mass is 10.2. The van der Waals surface area contributed by atoms with Gasteiger partial charge < -0.3 is 4.90 Å². The molecular weight excluding hydrogens is 250 g/mol. The molecule has 0 atom stereocenters. The molecule has 0 saturated carbocycles. The predicted octanol–water partition coefficient (Wildman–Crippen LogP) is 2.91. The predicted molar refractivity (Wildman–Crippen MR) is 80.0 cm³/mol. The normalized spacial score (nSPS) is 10.3. The molecule has 0 aliphatic heterocycles. The van der Waals surface area contributed by atoms with Crippen molar-refractivity contribution in [2.24, 2.45) is 0 Å². The van der Waals surface area contributed by atoms with Crippen molar-refractivity contribution in [3.63, 3.8) is 0 Å². The molecule has 0 fully saturated rings. The molecule has 0 saturated heterocycles. The summed E-state index contributed by atoms with van der Waals surface area (Å²) in [5.41, 5.74) is 2.46. The van der Waals surface area contributed by atoms with Crippen LogP contribution in [0.3, 0.4) is 0 Å². The molecule has 1 amide bonds. The van der Waals surface area contributed by atoms with Crippen LogP contribution in [0.5, 0.6) is 0 Å². The maximum Gasteiger partial charge on any atom is 0.272 e. The number of nitrogens with zero attached hydrogens (tertiary/aromatic N) is 3. The fraction of sp³-hybridized carbons (Fsp3) is 0.250. The molecule has 0 radical (unpaired) electrons. The van der Waals surface area contributed by atoms with Gasteiger partial charge in [-0.1, -0.05) is 30.4 Å². The molecule has 104 valence electrons. The Kier molecular flexibility index (Phi) is 4.35. The van der Waals surface area contributed by atoms with Gasteiger partial charge in [0.25, 0.3) is 5.91 Å². The van der Waals surface area contributed by atoms with E-state index in [0.29, 0.717) is 18.8 Å². The fourth-order valence-electron chi connectivity index (χ4n) is 2.06. The van der Waals surface area contributed by atoms with Gasteiger partial charge in [-0.05, 0) is 26.0 Å². The van der Waals surface area contributed by atoms with Crippen molar-refractivity contribution in [1.82, 2.24) is 14.5 Å². The Hall–Kier alpha value is -2.36. The molecular formula is C16H19N3O. The lowest BCUT2D eigenvalue weighted by Crippen LogP contribution is -2.33. The number of rotatable bonds is 5. The average Bonchev–Trinajstić information content (AvgIpc) is 2.94. The molecule has 0 N–H and O–H groups in total. The van der Waals surface area contributed by atoms with E-state index in [1.807, 2.05) is 48.7 Å². The number of carbonyl (C=O) groups is 1. The summed E-state index contributed by atoms with van der Waals surface area (Å²) in [7, 11) is 0. The average molecular weight is 269 g/mol. The van der Waals surface area contributed by atoms with Gasteiger partial charge in [-0.3, -0.25) is 9.36 Å². The number of hydrogen-bond donors (Lipinski definition) is 0. The molecule has 0 bridgehead atoms. The first-order chi connectivity index (χ1) is 9.63. The minimum atomic E-state index is -0.0307. The number of aromatic nitrogens is 2. The second-order valence-electron chi connectivity index (χ2n) is 4.76. The highest BCUT2D eigenvalue weighted by molar-refractivity contribution is 5.93. The van der Waals surface area contributed by atoms with E-state index in [1.54, 1.807) is 17.4 Å². The Morgan fingerprint density at radius 3 is 2.65 bits per heavy atom. The third-order valence-corrected chi connectivity index (χ3v) is 3.02. The number of likely N-dealkylation sites (N-methyl/N-ethyl adjacent to an activating group) is 1. The van der Waals surface area contributed by atoms with Gasteiger partial charge in [0, 0.05) is 18.8 Å². The van der Waals surface area contributed by atoms with E-state index in [-0.39, 0.29) is 5.91 Å². The standard InChI is InChI=1S/C16H19N3O/c1-4-18(11-13(2)3)16(20)15-10-17-12-19(15)14-8-6-5-7-9-14/h5-10,12H,2,4,11H2,1,3H3. The first kappa shape index (κ1) is 14.1. The van der Waals surface area contributed by atoms with Crippen LogP contribution in [0, 0.1) is 0 Å². The van der Waals surface area contributed by atoms with Crippen LogP contribution in [-0.4, -0.2) is 33.4 Å². The number of hydrogen-bond acceptors (Lipinski definition) is 2. The molecule has 4 nitrogen and oxygen atoms in total. The third kappa shape index (κ3) is 2.96. The lowest BCUT2D eigenvalue weighted by molar-refractivity contribution is 0.0770. The smallest absolute Gasteiger partial charge is 0.272 e. The van der Waals surface area contributed by atoms with E-state index >= 15 is 0 Å². The van der Waals surface area contributed by atoms with E-state index < -0.39 is 0 Å². The second-order valence-corrected chi connectivity index (χ2v) is 4.76. The van der Waals surface area contributed by atoms with Crippen LogP contribution in [0.15, 0.2) is 55.0 Å². The first-order valence-corrected chi connectivity index (χ1v) is 6.65. The molecule has 20 heavy (non-hydrogen) atoms.